The van der Waals surface area contributed by atoms with Crippen molar-refractivity contribution in [1.82, 2.24) is 0 Å². The van der Waals surface area contributed by atoms with Crippen LogP contribution in [0.15, 0.2) is 56.3 Å². The number of rotatable bonds is 5. The Morgan fingerprint density at radius 3 is 2.39 bits per heavy atom. The van der Waals surface area contributed by atoms with E-state index in [1.165, 1.54) is 30.3 Å². The number of nitrogens with one attached hydrogen (secondary N) is 1. The Balaban J connectivity index is 2.24. The molecule has 122 valence electrons. The van der Waals surface area contributed by atoms with Gasteiger partial charge >= 0.3 is 5.97 Å². The van der Waals surface area contributed by atoms with Crippen LogP contribution >= 0.6 is 31.9 Å². The van der Waals surface area contributed by atoms with Crippen LogP contribution in [0, 0.1) is 0 Å². The molecule has 0 amide bonds. The van der Waals surface area contributed by atoms with Crippen LogP contribution in [0.2, 0.25) is 0 Å². The maximum absolute atomic E-state index is 12.4. The summed E-state index contributed by atoms with van der Waals surface area (Å²) in [4.78, 5) is 11.7. The van der Waals surface area contributed by atoms with Crippen molar-refractivity contribution in [3.8, 4) is 0 Å². The van der Waals surface area contributed by atoms with Gasteiger partial charge in [0.05, 0.1) is 12.2 Å². The lowest BCUT2D eigenvalue weighted by Crippen LogP contribution is -2.14. The predicted octanol–water partition coefficient (Wildman–Crippen LogP) is 4.19. The molecular weight excluding hydrogens is 450 g/mol. The summed E-state index contributed by atoms with van der Waals surface area (Å²) >= 11 is 6.48. The van der Waals surface area contributed by atoms with Gasteiger partial charge in [0, 0.05) is 14.6 Å². The smallest absolute Gasteiger partial charge is 0.338 e. The van der Waals surface area contributed by atoms with Crippen LogP contribution < -0.4 is 4.72 Å². The zero-order chi connectivity index (χ0) is 17.0. The SMILES string of the molecule is CCOC(=O)c1ccc(NS(=O)(=O)c2cc(Br)ccc2Br)cc1. The first-order chi connectivity index (χ1) is 10.8. The van der Waals surface area contributed by atoms with Gasteiger partial charge in [-0.15, -0.1) is 0 Å². The Bertz CT molecular complexity index is 820. The largest absolute Gasteiger partial charge is 0.462 e. The lowest BCUT2D eigenvalue weighted by molar-refractivity contribution is 0.0526. The van der Waals surface area contributed by atoms with E-state index in [1.54, 1.807) is 19.1 Å². The van der Waals surface area contributed by atoms with Crippen LogP contribution in [0.3, 0.4) is 0 Å². The van der Waals surface area contributed by atoms with Crippen molar-refractivity contribution in [1.29, 1.82) is 0 Å². The number of hydrogen-bond acceptors (Lipinski definition) is 4. The number of ether oxygens (including phenoxy) is 1. The van der Waals surface area contributed by atoms with Gasteiger partial charge in [-0.25, -0.2) is 13.2 Å². The third-order valence-corrected chi connectivity index (χ3v) is 5.70. The highest BCUT2D eigenvalue weighted by Gasteiger charge is 2.18. The summed E-state index contributed by atoms with van der Waals surface area (Å²) in [6.45, 7) is 2.00. The first kappa shape index (κ1) is 18.0. The van der Waals surface area contributed by atoms with E-state index in [2.05, 4.69) is 36.6 Å². The number of sulfonamides is 1. The molecule has 0 atom stereocenters. The van der Waals surface area contributed by atoms with Gasteiger partial charge in [-0.3, -0.25) is 4.72 Å². The number of hydrogen-bond donors (Lipinski definition) is 1. The first-order valence-corrected chi connectivity index (χ1v) is 9.65. The third kappa shape index (κ3) is 4.55. The molecule has 0 unspecified atom stereocenters. The van der Waals surface area contributed by atoms with Crippen LogP contribution in [0.25, 0.3) is 0 Å². The van der Waals surface area contributed by atoms with Crippen molar-refractivity contribution in [2.75, 3.05) is 11.3 Å². The zero-order valence-electron chi connectivity index (χ0n) is 12.0. The molecule has 23 heavy (non-hydrogen) atoms. The molecule has 0 aliphatic carbocycles. The Hall–Kier alpha value is -1.38. The minimum Gasteiger partial charge on any atom is -0.462 e. The predicted molar refractivity (Wildman–Crippen MR) is 95.0 cm³/mol. The van der Waals surface area contributed by atoms with Gasteiger partial charge in [0.1, 0.15) is 4.90 Å². The second kappa shape index (κ2) is 7.46. The summed E-state index contributed by atoms with van der Waals surface area (Å²) in [5.41, 5.74) is 0.711. The number of anilines is 1. The molecular formula is C15H13Br2NO4S. The molecule has 2 rings (SSSR count). The second-order valence-electron chi connectivity index (χ2n) is 4.48. The lowest BCUT2D eigenvalue weighted by Gasteiger charge is -2.10. The Morgan fingerprint density at radius 1 is 1.13 bits per heavy atom. The normalized spacial score (nSPS) is 11.1. The average Bonchev–Trinajstić information content (AvgIpc) is 2.50. The maximum Gasteiger partial charge on any atom is 0.338 e. The number of esters is 1. The third-order valence-electron chi connectivity index (χ3n) is 2.83. The van der Waals surface area contributed by atoms with Crippen molar-refractivity contribution in [2.45, 2.75) is 11.8 Å². The highest BCUT2D eigenvalue weighted by Crippen LogP contribution is 2.27. The summed E-state index contributed by atoms with van der Waals surface area (Å²) in [5, 5.41) is 0. The Kier molecular flexibility index (Phi) is 5.83. The molecule has 0 spiro atoms. The minimum absolute atomic E-state index is 0.112. The summed E-state index contributed by atoms with van der Waals surface area (Å²) in [6.07, 6.45) is 0. The quantitative estimate of drug-likeness (QED) is 0.676. The number of halogens is 2. The molecule has 0 bridgehead atoms. The fourth-order valence-corrected chi connectivity index (χ4v) is 4.34. The highest BCUT2D eigenvalue weighted by atomic mass is 79.9. The van der Waals surface area contributed by atoms with Gasteiger partial charge in [0.2, 0.25) is 0 Å². The van der Waals surface area contributed by atoms with Gasteiger partial charge in [-0.1, -0.05) is 15.9 Å². The van der Waals surface area contributed by atoms with Gasteiger partial charge in [-0.05, 0) is 65.3 Å². The zero-order valence-corrected chi connectivity index (χ0v) is 16.0. The van der Waals surface area contributed by atoms with Gasteiger partial charge in [0.15, 0.2) is 0 Å². The average molecular weight is 463 g/mol. The van der Waals surface area contributed by atoms with Gasteiger partial charge < -0.3 is 4.74 Å². The van der Waals surface area contributed by atoms with E-state index in [1.807, 2.05) is 0 Å². The van der Waals surface area contributed by atoms with Crippen LogP contribution in [-0.2, 0) is 14.8 Å². The molecule has 0 aliphatic heterocycles. The van der Waals surface area contributed by atoms with E-state index in [-0.39, 0.29) is 11.5 Å². The lowest BCUT2D eigenvalue weighted by atomic mass is 10.2. The summed E-state index contributed by atoms with van der Waals surface area (Å²) in [6, 6.07) is 10.9. The topological polar surface area (TPSA) is 72.5 Å². The van der Waals surface area contributed by atoms with E-state index in [9.17, 15) is 13.2 Å². The van der Waals surface area contributed by atoms with Crippen molar-refractivity contribution in [3.63, 3.8) is 0 Å². The summed E-state index contributed by atoms with van der Waals surface area (Å²) in [7, 11) is -3.75. The van der Waals surface area contributed by atoms with E-state index in [4.69, 9.17) is 4.74 Å². The summed E-state index contributed by atoms with van der Waals surface area (Å²) < 4.78 is 33.3. The molecule has 2 aromatic rings. The van der Waals surface area contributed by atoms with Gasteiger partial charge in [-0.2, -0.15) is 0 Å². The molecule has 2 aromatic carbocycles. The molecule has 0 saturated carbocycles. The molecule has 5 nitrogen and oxygen atoms in total. The molecule has 1 N–H and O–H groups in total. The van der Waals surface area contributed by atoms with E-state index < -0.39 is 16.0 Å². The fraction of sp³-hybridized carbons (Fsp3) is 0.133. The van der Waals surface area contributed by atoms with E-state index in [0.29, 0.717) is 20.2 Å². The maximum atomic E-state index is 12.4. The van der Waals surface area contributed by atoms with Crippen molar-refractivity contribution < 1.29 is 17.9 Å². The monoisotopic (exact) mass is 461 g/mol. The molecule has 0 heterocycles. The van der Waals surface area contributed by atoms with Crippen LogP contribution in [0.1, 0.15) is 17.3 Å². The number of carbonyl (C=O) groups is 1. The fourth-order valence-electron chi connectivity index (χ4n) is 1.78. The first-order valence-electron chi connectivity index (χ1n) is 6.58. The van der Waals surface area contributed by atoms with Crippen molar-refractivity contribution >= 4 is 53.5 Å². The molecule has 0 aliphatic rings. The molecule has 0 fully saturated rings. The van der Waals surface area contributed by atoms with Gasteiger partial charge in [0.25, 0.3) is 10.0 Å². The van der Waals surface area contributed by atoms with Crippen LogP contribution in [0.5, 0.6) is 0 Å². The molecule has 0 saturated heterocycles. The summed E-state index contributed by atoms with van der Waals surface area (Å²) in [5.74, 6) is -0.448. The molecule has 0 aromatic heterocycles. The molecule has 0 radical (unpaired) electrons. The van der Waals surface area contributed by atoms with Crippen molar-refractivity contribution in [2.24, 2.45) is 0 Å². The number of carbonyl (C=O) groups excluding carboxylic acids is 1. The standard InChI is InChI=1S/C15H13Br2NO4S/c1-2-22-15(19)10-3-6-12(7-4-10)18-23(20,21)14-9-11(16)5-8-13(14)17/h3-9,18H,2H2,1H3. The highest BCUT2D eigenvalue weighted by molar-refractivity contribution is 9.11. The van der Waals surface area contributed by atoms with Crippen molar-refractivity contribution in [3.05, 3.63) is 57.0 Å². The van der Waals surface area contributed by atoms with E-state index >= 15 is 0 Å². The second-order valence-corrected chi connectivity index (χ2v) is 7.90. The Labute approximate surface area is 151 Å². The molecule has 8 heteroatoms. The van der Waals surface area contributed by atoms with Crippen LogP contribution in [-0.4, -0.2) is 21.0 Å². The minimum atomic E-state index is -3.75. The van der Waals surface area contributed by atoms with E-state index in [0.717, 1.165) is 0 Å². The number of benzene rings is 2. The van der Waals surface area contributed by atoms with Crippen LogP contribution in [0.4, 0.5) is 5.69 Å². The Morgan fingerprint density at radius 2 is 1.78 bits per heavy atom.